The second-order valence-corrected chi connectivity index (χ2v) is 5.03. The molecule has 0 saturated heterocycles. The van der Waals surface area contributed by atoms with Crippen LogP contribution in [-0.2, 0) is 12.7 Å². The minimum Gasteiger partial charge on any atom is -0.457 e. The molecular formula is C15H13ClF3N3O. The summed E-state index contributed by atoms with van der Waals surface area (Å²) < 4.78 is 43.8. The monoisotopic (exact) mass is 343 g/mol. The van der Waals surface area contributed by atoms with Crippen molar-refractivity contribution in [3.63, 3.8) is 0 Å². The lowest BCUT2D eigenvalue weighted by Gasteiger charge is -2.12. The van der Waals surface area contributed by atoms with Gasteiger partial charge in [-0.25, -0.2) is 4.99 Å². The second kappa shape index (κ2) is 6.78. The van der Waals surface area contributed by atoms with Gasteiger partial charge in [-0.15, -0.1) is 0 Å². The number of nitrogens with zero attached hydrogens (tertiary/aromatic N) is 1. The predicted molar refractivity (Wildman–Crippen MR) is 82.5 cm³/mol. The molecule has 0 bridgehead atoms. The van der Waals surface area contributed by atoms with Gasteiger partial charge in [0.25, 0.3) is 0 Å². The van der Waals surface area contributed by atoms with E-state index in [9.17, 15) is 13.2 Å². The third-order valence-electron chi connectivity index (χ3n) is 2.85. The van der Waals surface area contributed by atoms with Crippen LogP contribution in [0.5, 0.6) is 11.5 Å². The zero-order valence-electron chi connectivity index (χ0n) is 11.8. The molecule has 2 rings (SSSR count). The molecule has 0 saturated carbocycles. The lowest BCUT2D eigenvalue weighted by Crippen LogP contribution is -2.22. The van der Waals surface area contributed by atoms with Gasteiger partial charge >= 0.3 is 6.18 Å². The minimum absolute atomic E-state index is 0.0221. The number of guanidine groups is 1. The van der Waals surface area contributed by atoms with Crippen molar-refractivity contribution in [2.75, 3.05) is 0 Å². The highest BCUT2D eigenvalue weighted by atomic mass is 35.5. The summed E-state index contributed by atoms with van der Waals surface area (Å²) in [5, 5.41) is -0.377. The Hall–Kier alpha value is -2.41. The van der Waals surface area contributed by atoms with Crippen LogP contribution in [0.3, 0.4) is 0 Å². The van der Waals surface area contributed by atoms with Gasteiger partial charge in [0.2, 0.25) is 0 Å². The fourth-order valence-electron chi connectivity index (χ4n) is 1.77. The summed E-state index contributed by atoms with van der Waals surface area (Å²) in [5.74, 6) is 0.402. The standard InChI is InChI=1S/C15H13ClF3N3O/c16-13-6-5-11(7-12(13)15(17,18)19)23-10-3-1-9(2-4-10)8-22-14(20)21/h1-7H,8H2,(H4,20,21,22). The maximum Gasteiger partial charge on any atom is 0.417 e. The van der Waals surface area contributed by atoms with E-state index in [0.717, 1.165) is 17.7 Å². The lowest BCUT2D eigenvalue weighted by molar-refractivity contribution is -0.137. The first-order valence-electron chi connectivity index (χ1n) is 6.44. The normalized spacial score (nSPS) is 11.1. The molecular weight excluding hydrogens is 331 g/mol. The van der Waals surface area contributed by atoms with Gasteiger partial charge in [0.15, 0.2) is 5.96 Å². The third-order valence-corrected chi connectivity index (χ3v) is 3.18. The first kappa shape index (κ1) is 17.0. The fourth-order valence-corrected chi connectivity index (χ4v) is 1.99. The molecule has 4 nitrogen and oxygen atoms in total. The number of halogens is 4. The molecule has 0 atom stereocenters. The Morgan fingerprint density at radius 2 is 1.65 bits per heavy atom. The topological polar surface area (TPSA) is 73.6 Å². The molecule has 4 N–H and O–H groups in total. The summed E-state index contributed by atoms with van der Waals surface area (Å²) in [6.45, 7) is 0.307. The van der Waals surface area contributed by atoms with Gasteiger partial charge in [0, 0.05) is 0 Å². The van der Waals surface area contributed by atoms with Crippen molar-refractivity contribution in [2.45, 2.75) is 12.7 Å². The Kier molecular flexibility index (Phi) is 5.00. The van der Waals surface area contributed by atoms with E-state index in [1.807, 2.05) is 0 Å². The highest BCUT2D eigenvalue weighted by molar-refractivity contribution is 6.31. The van der Waals surface area contributed by atoms with Crippen molar-refractivity contribution in [2.24, 2.45) is 16.5 Å². The predicted octanol–water partition coefficient (Wildman–Crippen LogP) is 3.92. The Balaban J connectivity index is 2.15. The fraction of sp³-hybridized carbons (Fsp3) is 0.133. The van der Waals surface area contributed by atoms with Crippen molar-refractivity contribution >= 4 is 17.6 Å². The number of alkyl halides is 3. The van der Waals surface area contributed by atoms with E-state index in [2.05, 4.69) is 4.99 Å². The summed E-state index contributed by atoms with van der Waals surface area (Å²) in [5.41, 5.74) is 10.4. The molecule has 0 unspecified atom stereocenters. The highest BCUT2D eigenvalue weighted by Crippen LogP contribution is 2.37. The Labute approximate surface area is 135 Å². The number of hydrogen-bond acceptors (Lipinski definition) is 2. The molecule has 2 aromatic rings. The van der Waals surface area contributed by atoms with Crippen LogP contribution in [0.15, 0.2) is 47.5 Å². The molecule has 0 radical (unpaired) electrons. The average Bonchev–Trinajstić information content (AvgIpc) is 2.47. The number of nitrogens with two attached hydrogens (primary N) is 2. The van der Waals surface area contributed by atoms with Crippen LogP contribution >= 0.6 is 11.6 Å². The summed E-state index contributed by atoms with van der Waals surface area (Å²) in [6, 6.07) is 10.0. The number of aliphatic imine (C=N–C) groups is 1. The number of benzene rings is 2. The molecule has 0 amide bonds. The molecule has 23 heavy (non-hydrogen) atoms. The molecule has 0 aliphatic rings. The van der Waals surface area contributed by atoms with Crippen LogP contribution in [0.25, 0.3) is 0 Å². The molecule has 0 heterocycles. The van der Waals surface area contributed by atoms with Crippen molar-refractivity contribution < 1.29 is 17.9 Å². The molecule has 0 fully saturated rings. The van der Waals surface area contributed by atoms with Crippen molar-refractivity contribution in [3.8, 4) is 11.5 Å². The zero-order valence-corrected chi connectivity index (χ0v) is 12.5. The van der Waals surface area contributed by atoms with E-state index in [1.54, 1.807) is 24.3 Å². The molecule has 0 aliphatic carbocycles. The van der Waals surface area contributed by atoms with E-state index in [1.165, 1.54) is 6.07 Å². The first-order chi connectivity index (χ1) is 10.8. The summed E-state index contributed by atoms with van der Waals surface area (Å²) in [6.07, 6.45) is -4.54. The minimum atomic E-state index is -4.54. The molecule has 0 aromatic heterocycles. The number of hydrogen-bond donors (Lipinski definition) is 2. The number of rotatable bonds is 4. The second-order valence-electron chi connectivity index (χ2n) is 4.63. The van der Waals surface area contributed by atoms with Gasteiger partial charge < -0.3 is 16.2 Å². The van der Waals surface area contributed by atoms with Crippen molar-refractivity contribution in [1.82, 2.24) is 0 Å². The Bertz CT molecular complexity index is 711. The molecule has 8 heteroatoms. The van der Waals surface area contributed by atoms with Gasteiger partial charge in [-0.1, -0.05) is 23.7 Å². The van der Waals surface area contributed by atoms with Crippen molar-refractivity contribution in [1.29, 1.82) is 0 Å². The van der Waals surface area contributed by atoms with E-state index < -0.39 is 11.7 Å². The quantitative estimate of drug-likeness (QED) is 0.652. The molecule has 122 valence electrons. The SMILES string of the molecule is NC(N)=NCc1ccc(Oc2ccc(Cl)c(C(F)(F)F)c2)cc1. The molecule has 2 aromatic carbocycles. The van der Waals surface area contributed by atoms with Gasteiger partial charge in [-0.2, -0.15) is 13.2 Å². The average molecular weight is 344 g/mol. The van der Waals surface area contributed by atoms with Gasteiger partial charge in [-0.05, 0) is 35.9 Å². The van der Waals surface area contributed by atoms with Gasteiger partial charge in [-0.3, -0.25) is 0 Å². The van der Waals surface area contributed by atoms with E-state index in [0.29, 0.717) is 12.3 Å². The largest absolute Gasteiger partial charge is 0.457 e. The van der Waals surface area contributed by atoms with Gasteiger partial charge in [0.05, 0.1) is 17.1 Å². The third kappa shape index (κ3) is 4.79. The Morgan fingerprint density at radius 1 is 1.04 bits per heavy atom. The van der Waals surface area contributed by atoms with Crippen LogP contribution in [-0.4, -0.2) is 5.96 Å². The summed E-state index contributed by atoms with van der Waals surface area (Å²) in [4.78, 5) is 3.85. The van der Waals surface area contributed by atoms with Crippen molar-refractivity contribution in [3.05, 3.63) is 58.6 Å². The highest BCUT2D eigenvalue weighted by Gasteiger charge is 2.33. The van der Waals surface area contributed by atoms with Crippen LogP contribution in [0.4, 0.5) is 13.2 Å². The first-order valence-corrected chi connectivity index (χ1v) is 6.82. The summed E-state index contributed by atoms with van der Waals surface area (Å²) in [7, 11) is 0. The van der Waals surface area contributed by atoms with Crippen LogP contribution < -0.4 is 16.2 Å². The maximum absolute atomic E-state index is 12.8. The molecule has 0 spiro atoms. The van der Waals surface area contributed by atoms with Crippen LogP contribution in [0, 0.1) is 0 Å². The number of ether oxygens (including phenoxy) is 1. The lowest BCUT2D eigenvalue weighted by atomic mass is 10.2. The van der Waals surface area contributed by atoms with Crippen LogP contribution in [0.1, 0.15) is 11.1 Å². The maximum atomic E-state index is 12.8. The molecule has 0 aliphatic heterocycles. The smallest absolute Gasteiger partial charge is 0.417 e. The van der Waals surface area contributed by atoms with Gasteiger partial charge in [0.1, 0.15) is 11.5 Å². The Morgan fingerprint density at radius 3 is 2.22 bits per heavy atom. The van der Waals surface area contributed by atoms with E-state index in [4.69, 9.17) is 27.8 Å². The summed E-state index contributed by atoms with van der Waals surface area (Å²) >= 11 is 5.56. The van der Waals surface area contributed by atoms with E-state index >= 15 is 0 Å². The van der Waals surface area contributed by atoms with Crippen LogP contribution in [0.2, 0.25) is 5.02 Å². The van der Waals surface area contributed by atoms with E-state index in [-0.39, 0.29) is 16.7 Å². The zero-order chi connectivity index (χ0) is 17.0.